The Morgan fingerprint density at radius 2 is 2.14 bits per heavy atom. The molecule has 0 bridgehead atoms. The number of nitrogens with one attached hydrogen (secondary N) is 2. The number of aryl methyl sites for hydroxylation is 1. The molecule has 2 rings (SSSR count). The Morgan fingerprint density at radius 3 is 2.82 bits per heavy atom. The first-order valence-electron chi connectivity index (χ1n) is 8.21. The monoisotopic (exact) mass is 320 g/mol. The smallest absolute Gasteiger partial charge is 0.220 e. The molecule has 1 unspecified atom stereocenters. The molecule has 1 heterocycles. The quantitative estimate of drug-likeness (QED) is 0.790. The van der Waals surface area contributed by atoms with Gasteiger partial charge in [0.15, 0.2) is 0 Å². The highest BCUT2D eigenvalue weighted by atomic mass is 32.2. The van der Waals surface area contributed by atoms with Crippen LogP contribution in [0.25, 0.3) is 0 Å². The maximum absolute atomic E-state index is 12.2. The van der Waals surface area contributed by atoms with E-state index in [-0.39, 0.29) is 5.91 Å². The number of benzene rings is 1. The van der Waals surface area contributed by atoms with Crippen LogP contribution in [0.5, 0.6) is 0 Å². The van der Waals surface area contributed by atoms with Gasteiger partial charge < -0.3 is 10.6 Å². The summed E-state index contributed by atoms with van der Waals surface area (Å²) in [5.41, 5.74) is 2.47. The Kier molecular flexibility index (Phi) is 6.77. The second-order valence-corrected chi connectivity index (χ2v) is 7.21. The summed E-state index contributed by atoms with van der Waals surface area (Å²) in [5, 5.41) is 6.48. The molecule has 2 N–H and O–H groups in total. The summed E-state index contributed by atoms with van der Waals surface area (Å²) in [5.74, 6) is 1.34. The van der Waals surface area contributed by atoms with Crippen molar-refractivity contribution in [1.82, 2.24) is 10.6 Å². The highest BCUT2D eigenvalue weighted by Crippen LogP contribution is 2.25. The van der Waals surface area contributed by atoms with Crippen molar-refractivity contribution in [1.29, 1.82) is 0 Å². The molecule has 0 radical (unpaired) electrons. The molecule has 0 saturated carbocycles. The molecule has 0 spiro atoms. The third kappa shape index (κ3) is 5.03. The second kappa shape index (κ2) is 8.59. The first kappa shape index (κ1) is 17.4. The number of thioether (sulfide) groups is 1. The molecule has 22 heavy (non-hydrogen) atoms. The van der Waals surface area contributed by atoms with Gasteiger partial charge in [-0.25, -0.2) is 0 Å². The van der Waals surface area contributed by atoms with E-state index >= 15 is 0 Å². The average Bonchev–Trinajstić information content (AvgIpc) is 2.54. The van der Waals surface area contributed by atoms with Crippen molar-refractivity contribution in [2.24, 2.45) is 11.8 Å². The predicted molar refractivity (Wildman–Crippen MR) is 94.2 cm³/mol. The van der Waals surface area contributed by atoms with Gasteiger partial charge in [-0.05, 0) is 68.1 Å². The number of hydrogen-bond acceptors (Lipinski definition) is 3. The van der Waals surface area contributed by atoms with E-state index < -0.39 is 0 Å². The topological polar surface area (TPSA) is 41.1 Å². The minimum atomic E-state index is 0.179. The zero-order valence-electron chi connectivity index (χ0n) is 13.9. The maximum atomic E-state index is 12.2. The van der Waals surface area contributed by atoms with E-state index in [1.165, 1.54) is 28.9 Å². The van der Waals surface area contributed by atoms with Crippen LogP contribution in [0, 0.1) is 18.8 Å². The molecule has 4 heteroatoms. The summed E-state index contributed by atoms with van der Waals surface area (Å²) in [6, 6.07) is 6.42. The number of hydrogen-bond donors (Lipinski definition) is 2. The molecule has 1 fully saturated rings. The van der Waals surface area contributed by atoms with Crippen molar-refractivity contribution < 1.29 is 4.79 Å². The van der Waals surface area contributed by atoms with Gasteiger partial charge in [-0.2, -0.15) is 0 Å². The first-order valence-corrected chi connectivity index (χ1v) is 9.43. The number of piperidine rings is 1. The van der Waals surface area contributed by atoms with E-state index in [0.717, 1.165) is 13.1 Å². The van der Waals surface area contributed by atoms with Gasteiger partial charge in [-0.15, -0.1) is 11.8 Å². The molecule has 1 saturated heterocycles. The molecule has 1 aromatic rings. The van der Waals surface area contributed by atoms with Gasteiger partial charge in [0.1, 0.15) is 0 Å². The highest BCUT2D eigenvalue weighted by Gasteiger charge is 2.21. The third-order valence-corrected chi connectivity index (χ3v) is 5.43. The number of carbonyl (C=O) groups excluding carboxylic acids is 1. The largest absolute Gasteiger partial charge is 0.352 e. The zero-order chi connectivity index (χ0) is 15.9. The van der Waals surface area contributed by atoms with Crippen molar-refractivity contribution >= 4 is 17.7 Å². The van der Waals surface area contributed by atoms with Crippen LogP contribution in [0.3, 0.4) is 0 Å². The molecule has 3 nitrogen and oxygen atoms in total. The first-order chi connectivity index (χ1) is 10.6. The van der Waals surface area contributed by atoms with E-state index in [9.17, 15) is 4.79 Å². The van der Waals surface area contributed by atoms with Crippen LogP contribution in [-0.4, -0.2) is 25.3 Å². The fraction of sp³-hybridized carbons (Fsp3) is 0.611. The number of carbonyl (C=O) groups is 1. The Hall–Kier alpha value is -1.00. The van der Waals surface area contributed by atoms with Gasteiger partial charge in [-0.1, -0.05) is 19.1 Å². The van der Waals surface area contributed by atoms with Gasteiger partial charge in [0.25, 0.3) is 0 Å². The Balaban J connectivity index is 1.82. The summed E-state index contributed by atoms with van der Waals surface area (Å²) in [7, 11) is 0. The van der Waals surface area contributed by atoms with Crippen LogP contribution in [0.4, 0.5) is 0 Å². The molecular formula is C18H28N2OS. The minimum Gasteiger partial charge on any atom is -0.352 e. The maximum Gasteiger partial charge on any atom is 0.220 e. The van der Waals surface area contributed by atoms with Crippen LogP contribution in [0.1, 0.15) is 37.3 Å². The lowest BCUT2D eigenvalue weighted by molar-refractivity contribution is -0.122. The van der Waals surface area contributed by atoms with Gasteiger partial charge in [0, 0.05) is 17.9 Å². The predicted octanol–water partition coefficient (Wildman–Crippen LogP) is 3.36. The summed E-state index contributed by atoms with van der Waals surface area (Å²) in [4.78, 5) is 13.5. The minimum absolute atomic E-state index is 0.179. The molecule has 1 amide bonds. The zero-order valence-corrected chi connectivity index (χ0v) is 14.8. The highest BCUT2D eigenvalue weighted by molar-refractivity contribution is 7.98. The number of rotatable bonds is 6. The molecule has 1 aliphatic heterocycles. The van der Waals surface area contributed by atoms with Crippen molar-refractivity contribution in [2.75, 3.05) is 19.3 Å². The van der Waals surface area contributed by atoms with Gasteiger partial charge in [-0.3, -0.25) is 4.79 Å². The summed E-state index contributed by atoms with van der Waals surface area (Å²) >= 11 is 1.74. The summed E-state index contributed by atoms with van der Waals surface area (Å²) in [6.45, 7) is 7.14. The third-order valence-electron chi connectivity index (χ3n) is 4.61. The van der Waals surface area contributed by atoms with Gasteiger partial charge in [0.2, 0.25) is 5.91 Å². The van der Waals surface area contributed by atoms with E-state index in [2.05, 4.69) is 48.9 Å². The molecule has 0 aromatic heterocycles. The number of amides is 1. The molecular weight excluding hydrogens is 292 g/mol. The lowest BCUT2D eigenvalue weighted by Gasteiger charge is -2.27. The lowest BCUT2D eigenvalue weighted by Crippen LogP contribution is -2.33. The van der Waals surface area contributed by atoms with Crippen LogP contribution in [0.2, 0.25) is 0 Å². The van der Waals surface area contributed by atoms with E-state index in [0.29, 0.717) is 24.8 Å². The standard InChI is InChI=1S/C18H28N2OS/c1-13-4-5-16(17(10-13)22-3)12-20-18(21)11-14(2)15-6-8-19-9-7-15/h4-5,10,14-15,19H,6-9,11-12H2,1-3H3,(H,20,21). The van der Waals surface area contributed by atoms with Crippen molar-refractivity contribution in [3.05, 3.63) is 29.3 Å². The molecule has 1 aliphatic rings. The second-order valence-electron chi connectivity index (χ2n) is 6.36. The molecule has 1 aromatic carbocycles. The van der Waals surface area contributed by atoms with Crippen molar-refractivity contribution in [3.63, 3.8) is 0 Å². The van der Waals surface area contributed by atoms with Crippen LogP contribution in [-0.2, 0) is 11.3 Å². The fourth-order valence-corrected chi connectivity index (χ4v) is 3.84. The summed E-state index contributed by atoms with van der Waals surface area (Å²) < 4.78 is 0. The average molecular weight is 321 g/mol. The van der Waals surface area contributed by atoms with Crippen LogP contribution < -0.4 is 10.6 Å². The van der Waals surface area contributed by atoms with Crippen LogP contribution >= 0.6 is 11.8 Å². The van der Waals surface area contributed by atoms with E-state index in [1.54, 1.807) is 11.8 Å². The Labute approximate surface area is 138 Å². The SMILES string of the molecule is CSc1cc(C)ccc1CNC(=O)CC(C)C1CCNCC1. The Morgan fingerprint density at radius 1 is 1.41 bits per heavy atom. The lowest BCUT2D eigenvalue weighted by atomic mass is 9.84. The van der Waals surface area contributed by atoms with E-state index in [4.69, 9.17) is 0 Å². The van der Waals surface area contributed by atoms with Gasteiger partial charge >= 0.3 is 0 Å². The van der Waals surface area contributed by atoms with Gasteiger partial charge in [0.05, 0.1) is 0 Å². The normalized spacial score (nSPS) is 17.2. The van der Waals surface area contributed by atoms with E-state index in [1.807, 2.05) is 0 Å². The van der Waals surface area contributed by atoms with Crippen LogP contribution in [0.15, 0.2) is 23.1 Å². The molecule has 1 atom stereocenters. The summed E-state index contributed by atoms with van der Waals surface area (Å²) in [6.07, 6.45) is 5.12. The Bertz CT molecular complexity index is 498. The molecule has 0 aliphatic carbocycles. The van der Waals surface area contributed by atoms with Crippen molar-refractivity contribution in [3.8, 4) is 0 Å². The fourth-order valence-electron chi connectivity index (χ4n) is 3.14. The molecule has 122 valence electrons. The van der Waals surface area contributed by atoms with Crippen molar-refractivity contribution in [2.45, 2.75) is 44.6 Å².